The molecule has 4 heteroatoms. The topological polar surface area (TPSA) is 30.7 Å². The lowest BCUT2D eigenvalue weighted by Gasteiger charge is -2.17. The average molecular weight is 652 g/mol. The number of nitrogens with zero attached hydrogens (tertiary/aromatic N) is 3. The van der Waals surface area contributed by atoms with E-state index >= 15 is 0 Å². The van der Waals surface area contributed by atoms with E-state index < -0.39 is 0 Å². The standard InChI is InChI=1S/C46H25N3S/c1-2-10-26(11-3-1)30-15-6-7-16-33(30)45-46(48-35-25-29-13-5-4-12-28(29)24-34(35)47-45)49-36-21-20-27-14-8-17-31-32-18-9-19-38-41(32)44-39(50-38)23-22-37(49)43(44)42(36)40(27)31/h1-25H. The highest BCUT2D eigenvalue weighted by Crippen LogP contribution is 2.52. The normalized spacial score (nSPS) is 12.4. The van der Waals surface area contributed by atoms with Gasteiger partial charge in [-0.3, -0.25) is 4.57 Å². The number of fused-ring (bicyclic) bond motifs is 3. The SMILES string of the molecule is c1ccc(-c2ccccc2-c2nc3cc4ccccc4cc3nc2-n2c3ccc4cccc5c4c3c3c4c(ccc32)sc2cccc-5c24)cc1. The van der Waals surface area contributed by atoms with Crippen LogP contribution in [0.4, 0.5) is 0 Å². The van der Waals surface area contributed by atoms with Crippen molar-refractivity contribution in [3.05, 3.63) is 152 Å². The van der Waals surface area contributed by atoms with Crippen LogP contribution in [0.25, 0.3) is 114 Å². The van der Waals surface area contributed by atoms with Gasteiger partial charge >= 0.3 is 0 Å². The number of thiophene rings is 1. The Hall–Kier alpha value is -6.36. The number of benzene rings is 8. The van der Waals surface area contributed by atoms with E-state index in [1.807, 2.05) is 11.3 Å². The Morgan fingerprint density at radius 1 is 0.400 bits per heavy atom. The van der Waals surface area contributed by atoms with Crippen LogP contribution in [0, 0.1) is 0 Å². The molecule has 0 saturated carbocycles. The minimum Gasteiger partial charge on any atom is -0.292 e. The average Bonchev–Trinajstić information content (AvgIpc) is 3.68. The maximum atomic E-state index is 5.60. The van der Waals surface area contributed by atoms with Gasteiger partial charge in [0.2, 0.25) is 0 Å². The molecule has 0 radical (unpaired) electrons. The summed E-state index contributed by atoms with van der Waals surface area (Å²) in [7, 11) is 0. The molecule has 0 spiro atoms. The van der Waals surface area contributed by atoms with Gasteiger partial charge in [-0.05, 0) is 80.2 Å². The molecule has 0 N–H and O–H groups in total. The number of hydrogen-bond acceptors (Lipinski definition) is 3. The third kappa shape index (κ3) is 3.43. The first-order valence-electron chi connectivity index (χ1n) is 17.0. The smallest absolute Gasteiger partial charge is 0.165 e. The molecule has 8 aromatic carbocycles. The Kier molecular flexibility index (Phi) is 5.12. The lowest BCUT2D eigenvalue weighted by molar-refractivity contribution is 1.08. The third-order valence-corrected chi connectivity index (χ3v) is 11.8. The van der Waals surface area contributed by atoms with Gasteiger partial charge in [-0.2, -0.15) is 0 Å². The van der Waals surface area contributed by atoms with Gasteiger partial charge in [-0.15, -0.1) is 11.3 Å². The Bertz CT molecular complexity index is 3260. The molecular formula is C46H25N3S. The first-order chi connectivity index (χ1) is 24.8. The van der Waals surface area contributed by atoms with Crippen LogP contribution in [-0.2, 0) is 0 Å². The molecule has 3 heterocycles. The molecule has 0 amide bonds. The molecule has 12 rings (SSSR count). The Morgan fingerprint density at radius 3 is 1.82 bits per heavy atom. The second-order valence-electron chi connectivity index (χ2n) is 13.3. The highest BCUT2D eigenvalue weighted by Gasteiger charge is 2.27. The molecule has 230 valence electrons. The molecule has 11 aromatic rings. The predicted octanol–water partition coefficient (Wildman–Crippen LogP) is 12.7. The van der Waals surface area contributed by atoms with Crippen molar-refractivity contribution in [2.75, 3.05) is 0 Å². The summed E-state index contributed by atoms with van der Waals surface area (Å²) < 4.78 is 5.04. The molecule has 0 saturated heterocycles. The van der Waals surface area contributed by atoms with Crippen LogP contribution in [0.5, 0.6) is 0 Å². The van der Waals surface area contributed by atoms with Crippen LogP contribution in [0.2, 0.25) is 0 Å². The van der Waals surface area contributed by atoms with Crippen LogP contribution in [0.15, 0.2) is 152 Å². The van der Waals surface area contributed by atoms with Gasteiger partial charge in [0.1, 0.15) is 5.69 Å². The molecular weight excluding hydrogens is 627 g/mol. The van der Waals surface area contributed by atoms with E-state index in [4.69, 9.17) is 9.97 Å². The Labute approximate surface area is 290 Å². The van der Waals surface area contributed by atoms with E-state index in [9.17, 15) is 0 Å². The summed E-state index contributed by atoms with van der Waals surface area (Å²) in [5.74, 6) is 0.840. The zero-order chi connectivity index (χ0) is 32.5. The first kappa shape index (κ1) is 26.6. The third-order valence-electron chi connectivity index (χ3n) is 10.7. The monoisotopic (exact) mass is 651 g/mol. The second-order valence-corrected chi connectivity index (χ2v) is 14.4. The van der Waals surface area contributed by atoms with E-state index in [-0.39, 0.29) is 0 Å². The molecule has 1 aliphatic rings. The highest BCUT2D eigenvalue weighted by molar-refractivity contribution is 7.26. The Balaban J connectivity index is 1.30. The van der Waals surface area contributed by atoms with E-state index in [1.54, 1.807) is 0 Å². The van der Waals surface area contributed by atoms with E-state index in [2.05, 4.69) is 156 Å². The fourth-order valence-electron chi connectivity index (χ4n) is 8.58. The van der Waals surface area contributed by atoms with E-state index in [0.717, 1.165) is 61.0 Å². The summed E-state index contributed by atoms with van der Waals surface area (Å²) in [6, 6.07) is 54.9. The summed E-state index contributed by atoms with van der Waals surface area (Å²) in [4.78, 5) is 11.1. The number of aromatic nitrogens is 3. The zero-order valence-electron chi connectivity index (χ0n) is 26.7. The molecule has 3 nitrogen and oxygen atoms in total. The highest BCUT2D eigenvalue weighted by atomic mass is 32.1. The van der Waals surface area contributed by atoms with Crippen molar-refractivity contribution in [1.82, 2.24) is 14.5 Å². The molecule has 3 aromatic heterocycles. The molecule has 50 heavy (non-hydrogen) atoms. The molecule has 1 aliphatic carbocycles. The second kappa shape index (κ2) is 9.63. The van der Waals surface area contributed by atoms with Crippen molar-refractivity contribution in [3.8, 4) is 39.3 Å². The van der Waals surface area contributed by atoms with Crippen molar-refractivity contribution in [1.29, 1.82) is 0 Å². The largest absolute Gasteiger partial charge is 0.292 e. The lowest BCUT2D eigenvalue weighted by atomic mass is 9.95. The van der Waals surface area contributed by atoms with Crippen LogP contribution >= 0.6 is 11.3 Å². The quantitative estimate of drug-likeness (QED) is 0.178. The van der Waals surface area contributed by atoms with Gasteiger partial charge in [0, 0.05) is 36.5 Å². The summed E-state index contributed by atoms with van der Waals surface area (Å²) in [5.41, 5.74) is 10.9. The van der Waals surface area contributed by atoms with Crippen LogP contribution in [0.1, 0.15) is 0 Å². The van der Waals surface area contributed by atoms with Gasteiger partial charge in [0.05, 0.1) is 22.1 Å². The summed E-state index contributed by atoms with van der Waals surface area (Å²) >= 11 is 1.89. The van der Waals surface area contributed by atoms with Crippen molar-refractivity contribution in [2.45, 2.75) is 0 Å². The molecule has 0 fully saturated rings. The van der Waals surface area contributed by atoms with E-state index in [1.165, 1.54) is 52.8 Å². The summed E-state index contributed by atoms with van der Waals surface area (Å²) in [6.07, 6.45) is 0. The van der Waals surface area contributed by atoms with Crippen molar-refractivity contribution in [3.63, 3.8) is 0 Å². The van der Waals surface area contributed by atoms with Crippen molar-refractivity contribution < 1.29 is 0 Å². The fourth-order valence-corrected chi connectivity index (χ4v) is 9.72. The predicted molar refractivity (Wildman–Crippen MR) is 212 cm³/mol. The fraction of sp³-hybridized carbons (Fsp3) is 0. The minimum absolute atomic E-state index is 0.840. The van der Waals surface area contributed by atoms with Crippen LogP contribution < -0.4 is 0 Å². The first-order valence-corrected chi connectivity index (χ1v) is 17.8. The lowest BCUT2D eigenvalue weighted by Crippen LogP contribution is -2.04. The van der Waals surface area contributed by atoms with Gasteiger partial charge in [-0.1, -0.05) is 115 Å². The van der Waals surface area contributed by atoms with Crippen molar-refractivity contribution >= 4 is 85.9 Å². The van der Waals surface area contributed by atoms with Crippen LogP contribution in [-0.4, -0.2) is 14.5 Å². The van der Waals surface area contributed by atoms with Gasteiger partial charge in [0.25, 0.3) is 0 Å². The molecule has 0 aliphatic heterocycles. The molecule has 0 bridgehead atoms. The summed E-state index contributed by atoms with van der Waals surface area (Å²) in [5, 5.41) is 10.2. The zero-order valence-corrected chi connectivity index (χ0v) is 27.5. The Morgan fingerprint density at radius 2 is 1.00 bits per heavy atom. The maximum Gasteiger partial charge on any atom is 0.165 e. The van der Waals surface area contributed by atoms with E-state index in [0.29, 0.717) is 0 Å². The number of rotatable bonds is 3. The molecule has 0 unspecified atom stereocenters. The van der Waals surface area contributed by atoms with Gasteiger partial charge in [0.15, 0.2) is 5.82 Å². The maximum absolute atomic E-state index is 5.60. The molecule has 0 atom stereocenters. The van der Waals surface area contributed by atoms with Crippen LogP contribution in [0.3, 0.4) is 0 Å². The number of hydrogen-bond donors (Lipinski definition) is 0. The van der Waals surface area contributed by atoms with Gasteiger partial charge in [-0.25, -0.2) is 9.97 Å². The van der Waals surface area contributed by atoms with Gasteiger partial charge < -0.3 is 0 Å². The van der Waals surface area contributed by atoms with Crippen molar-refractivity contribution in [2.24, 2.45) is 0 Å². The summed E-state index contributed by atoms with van der Waals surface area (Å²) in [6.45, 7) is 0. The minimum atomic E-state index is 0.840.